The minimum atomic E-state index is -4.00. The van der Waals surface area contributed by atoms with Gasteiger partial charge in [0.1, 0.15) is 0 Å². The van der Waals surface area contributed by atoms with Gasteiger partial charge < -0.3 is 5.73 Å². The van der Waals surface area contributed by atoms with Crippen molar-refractivity contribution in [2.75, 3.05) is 6.54 Å². The van der Waals surface area contributed by atoms with Gasteiger partial charge in [0.25, 0.3) is 5.69 Å². The van der Waals surface area contributed by atoms with Gasteiger partial charge in [0.15, 0.2) is 4.90 Å². The number of nitrogens with one attached hydrogen (secondary N) is 1. The van der Waals surface area contributed by atoms with Crippen LogP contribution in [0.4, 0.5) is 5.69 Å². The zero-order chi connectivity index (χ0) is 16.2. The minimum Gasteiger partial charge on any atom is -0.329 e. The Hall–Kier alpha value is -1.51. The number of benzene rings is 1. The first kappa shape index (κ1) is 17.5. The molecular formula is C13H21N3O4S. The zero-order valence-corrected chi connectivity index (χ0v) is 13.2. The summed E-state index contributed by atoms with van der Waals surface area (Å²) in [5.41, 5.74) is 5.48. The van der Waals surface area contributed by atoms with Gasteiger partial charge in [-0.25, -0.2) is 13.1 Å². The van der Waals surface area contributed by atoms with Crippen molar-refractivity contribution in [3.63, 3.8) is 0 Å². The second-order valence-electron chi connectivity index (χ2n) is 5.36. The molecule has 21 heavy (non-hydrogen) atoms. The van der Waals surface area contributed by atoms with Crippen LogP contribution in [0.1, 0.15) is 25.8 Å². The highest BCUT2D eigenvalue weighted by Crippen LogP contribution is 2.27. The molecule has 1 unspecified atom stereocenters. The summed E-state index contributed by atoms with van der Waals surface area (Å²) < 4.78 is 27.4. The second kappa shape index (κ2) is 6.97. The Balaban J connectivity index is 3.22. The molecule has 1 rings (SSSR count). The van der Waals surface area contributed by atoms with Gasteiger partial charge in [0.05, 0.1) is 4.92 Å². The molecule has 0 aromatic heterocycles. The van der Waals surface area contributed by atoms with Gasteiger partial charge in [0.2, 0.25) is 10.0 Å². The van der Waals surface area contributed by atoms with Crippen molar-refractivity contribution in [3.05, 3.63) is 33.9 Å². The molecule has 0 aliphatic carbocycles. The number of hydrogen-bond donors (Lipinski definition) is 2. The van der Waals surface area contributed by atoms with Crippen LogP contribution in [-0.4, -0.2) is 25.9 Å². The van der Waals surface area contributed by atoms with E-state index in [1.54, 1.807) is 0 Å². The van der Waals surface area contributed by atoms with E-state index < -0.39 is 26.7 Å². The molecule has 0 saturated heterocycles. The van der Waals surface area contributed by atoms with E-state index in [-0.39, 0.29) is 17.4 Å². The Morgan fingerprint density at radius 2 is 2.00 bits per heavy atom. The lowest BCUT2D eigenvalue weighted by Crippen LogP contribution is -2.41. The van der Waals surface area contributed by atoms with Crippen molar-refractivity contribution in [2.45, 2.75) is 38.1 Å². The molecule has 0 bridgehead atoms. The van der Waals surface area contributed by atoms with Crippen LogP contribution in [0.5, 0.6) is 0 Å². The number of nitro groups is 1. The number of aryl methyl sites for hydroxylation is 1. The van der Waals surface area contributed by atoms with Crippen LogP contribution >= 0.6 is 0 Å². The smallest absolute Gasteiger partial charge is 0.289 e. The molecule has 7 nitrogen and oxygen atoms in total. The Morgan fingerprint density at radius 1 is 1.38 bits per heavy atom. The van der Waals surface area contributed by atoms with E-state index in [1.807, 2.05) is 13.8 Å². The molecule has 3 N–H and O–H groups in total. The summed E-state index contributed by atoms with van der Waals surface area (Å²) in [6.07, 6.45) is 0.565. The SMILES string of the molecule is Cc1cccc([N+](=O)[O-])c1S(=O)(=O)NC(CN)CC(C)C. The van der Waals surface area contributed by atoms with Gasteiger partial charge in [-0.15, -0.1) is 0 Å². The van der Waals surface area contributed by atoms with Gasteiger partial charge in [-0.05, 0) is 24.8 Å². The van der Waals surface area contributed by atoms with Crippen LogP contribution in [0.3, 0.4) is 0 Å². The average molecular weight is 315 g/mol. The highest BCUT2D eigenvalue weighted by atomic mass is 32.2. The largest absolute Gasteiger partial charge is 0.329 e. The van der Waals surface area contributed by atoms with Crippen LogP contribution in [0.15, 0.2) is 23.1 Å². The van der Waals surface area contributed by atoms with Crippen LogP contribution in [0.2, 0.25) is 0 Å². The number of nitrogens with zero attached hydrogens (tertiary/aromatic N) is 1. The van der Waals surface area contributed by atoms with Crippen molar-refractivity contribution in [2.24, 2.45) is 11.7 Å². The topological polar surface area (TPSA) is 115 Å². The molecule has 0 saturated carbocycles. The number of nitro benzene ring substituents is 1. The minimum absolute atomic E-state index is 0.136. The molecule has 0 spiro atoms. The Kier molecular flexibility index (Phi) is 5.82. The molecule has 0 fully saturated rings. The van der Waals surface area contributed by atoms with Gasteiger partial charge >= 0.3 is 0 Å². The molecule has 0 heterocycles. The first-order valence-electron chi connectivity index (χ1n) is 6.65. The average Bonchev–Trinajstić information content (AvgIpc) is 2.36. The number of sulfonamides is 1. The third-order valence-corrected chi connectivity index (χ3v) is 4.73. The summed E-state index contributed by atoms with van der Waals surface area (Å²) in [5, 5.41) is 11.0. The van der Waals surface area contributed by atoms with Crippen LogP contribution in [0, 0.1) is 23.0 Å². The molecule has 0 aliphatic heterocycles. The van der Waals surface area contributed by atoms with Crippen molar-refractivity contribution >= 4 is 15.7 Å². The lowest BCUT2D eigenvalue weighted by atomic mass is 10.1. The monoisotopic (exact) mass is 315 g/mol. The number of nitrogens with two attached hydrogens (primary N) is 1. The third kappa shape index (κ3) is 4.48. The van der Waals surface area contributed by atoms with E-state index in [1.165, 1.54) is 25.1 Å². The quantitative estimate of drug-likeness (QED) is 0.585. The normalized spacial score (nSPS) is 13.4. The predicted octanol–water partition coefficient (Wildman–Crippen LogP) is 1.55. The Morgan fingerprint density at radius 3 is 2.48 bits per heavy atom. The number of rotatable bonds is 7. The lowest BCUT2D eigenvalue weighted by Gasteiger charge is -2.19. The van der Waals surface area contributed by atoms with Crippen LogP contribution in [-0.2, 0) is 10.0 Å². The maximum Gasteiger partial charge on any atom is 0.289 e. The first-order valence-corrected chi connectivity index (χ1v) is 8.13. The van der Waals surface area contributed by atoms with E-state index >= 15 is 0 Å². The van der Waals surface area contributed by atoms with Crippen LogP contribution < -0.4 is 10.5 Å². The summed E-state index contributed by atoms with van der Waals surface area (Å²) in [6.45, 7) is 5.57. The molecule has 0 amide bonds. The Bertz CT molecular complexity index is 614. The summed E-state index contributed by atoms with van der Waals surface area (Å²) >= 11 is 0. The fourth-order valence-electron chi connectivity index (χ4n) is 2.17. The highest BCUT2D eigenvalue weighted by Gasteiger charge is 2.29. The van der Waals surface area contributed by atoms with Crippen molar-refractivity contribution in [3.8, 4) is 0 Å². The fourth-order valence-corrected chi connectivity index (χ4v) is 3.83. The molecular weight excluding hydrogens is 294 g/mol. The fraction of sp³-hybridized carbons (Fsp3) is 0.538. The van der Waals surface area contributed by atoms with E-state index in [2.05, 4.69) is 4.72 Å². The van der Waals surface area contributed by atoms with E-state index in [9.17, 15) is 18.5 Å². The predicted molar refractivity (Wildman–Crippen MR) is 80.5 cm³/mol. The first-order chi connectivity index (χ1) is 9.69. The molecule has 1 aromatic carbocycles. The van der Waals surface area contributed by atoms with E-state index in [0.29, 0.717) is 12.0 Å². The van der Waals surface area contributed by atoms with E-state index in [0.717, 1.165) is 0 Å². The van der Waals surface area contributed by atoms with Crippen molar-refractivity contribution in [1.82, 2.24) is 4.72 Å². The third-order valence-electron chi connectivity index (χ3n) is 3.02. The molecule has 1 aromatic rings. The Labute approximate surface area is 124 Å². The molecule has 8 heteroatoms. The summed E-state index contributed by atoms with van der Waals surface area (Å²) in [4.78, 5) is 10.1. The van der Waals surface area contributed by atoms with Gasteiger partial charge in [-0.3, -0.25) is 10.1 Å². The zero-order valence-electron chi connectivity index (χ0n) is 12.4. The molecule has 118 valence electrons. The summed E-state index contributed by atoms with van der Waals surface area (Å²) in [5.74, 6) is 0.258. The standard InChI is InChI=1S/C13H21N3O4S/c1-9(2)7-11(8-14)15-21(19,20)13-10(3)5-4-6-12(13)16(17)18/h4-6,9,11,15H,7-8,14H2,1-3H3. The molecule has 1 atom stereocenters. The molecule has 0 aliphatic rings. The van der Waals surface area contributed by atoms with Crippen molar-refractivity contribution in [1.29, 1.82) is 0 Å². The highest BCUT2D eigenvalue weighted by molar-refractivity contribution is 7.89. The maximum atomic E-state index is 12.5. The van der Waals surface area contributed by atoms with Crippen LogP contribution in [0.25, 0.3) is 0 Å². The van der Waals surface area contributed by atoms with Crippen molar-refractivity contribution < 1.29 is 13.3 Å². The number of hydrogen-bond acceptors (Lipinski definition) is 5. The van der Waals surface area contributed by atoms with Gasteiger partial charge in [0, 0.05) is 18.7 Å². The van der Waals surface area contributed by atoms with Gasteiger partial charge in [-0.1, -0.05) is 26.0 Å². The summed E-state index contributed by atoms with van der Waals surface area (Å²) in [6, 6.07) is 3.72. The second-order valence-corrected chi connectivity index (χ2v) is 7.01. The van der Waals surface area contributed by atoms with E-state index in [4.69, 9.17) is 5.73 Å². The lowest BCUT2D eigenvalue weighted by molar-refractivity contribution is -0.387. The summed E-state index contributed by atoms with van der Waals surface area (Å²) in [7, 11) is -4.00. The molecule has 0 radical (unpaired) electrons. The maximum absolute atomic E-state index is 12.5. The van der Waals surface area contributed by atoms with Gasteiger partial charge in [-0.2, -0.15) is 0 Å².